The molecule has 0 aliphatic heterocycles. The van der Waals surface area contributed by atoms with Crippen molar-refractivity contribution in [2.45, 2.75) is 24.3 Å². The fourth-order valence-corrected chi connectivity index (χ4v) is 3.50. The molecule has 0 bridgehead atoms. The number of sulfonamides is 1. The van der Waals surface area contributed by atoms with Crippen LogP contribution in [0.25, 0.3) is 0 Å². The Morgan fingerprint density at radius 2 is 1.78 bits per heavy atom. The Bertz CT molecular complexity index is 845. The van der Waals surface area contributed by atoms with Crippen molar-refractivity contribution in [1.29, 1.82) is 0 Å². The Morgan fingerprint density at radius 3 is 2.43 bits per heavy atom. The summed E-state index contributed by atoms with van der Waals surface area (Å²) in [7, 11) is -7.04. The average molecular weight is 359 g/mol. The quantitative estimate of drug-likeness (QED) is 0.730. The van der Waals surface area contributed by atoms with Crippen molar-refractivity contribution < 1.29 is 21.3 Å². The summed E-state index contributed by atoms with van der Waals surface area (Å²) in [6.07, 6.45) is 0.118. The first kappa shape index (κ1) is 17.6. The summed E-state index contributed by atoms with van der Waals surface area (Å²) in [4.78, 5) is 0. The summed E-state index contributed by atoms with van der Waals surface area (Å²) in [5.41, 5.74) is 0.614. The van der Waals surface area contributed by atoms with Crippen LogP contribution in [0.4, 0.5) is 0 Å². The molecule has 126 valence electrons. The lowest BCUT2D eigenvalue weighted by molar-refractivity contribution is 0.396. The number of aromatic nitrogens is 2. The highest BCUT2D eigenvalue weighted by Gasteiger charge is 2.23. The predicted molar refractivity (Wildman–Crippen MR) is 82.8 cm³/mol. The average Bonchev–Trinajstić information content (AvgIpc) is 2.97. The molecule has 0 saturated carbocycles. The van der Waals surface area contributed by atoms with Gasteiger partial charge in [-0.3, -0.25) is 0 Å². The molecule has 1 N–H and O–H groups in total. The van der Waals surface area contributed by atoms with E-state index >= 15 is 0 Å². The van der Waals surface area contributed by atoms with Crippen molar-refractivity contribution in [3.8, 4) is 0 Å². The number of hydrogen-bond donors (Lipinski definition) is 1. The van der Waals surface area contributed by atoms with Crippen LogP contribution < -0.4 is 4.72 Å². The number of benzene rings is 1. The number of rotatable bonds is 8. The standard InChI is InChI=1S/C13H17N3O5S2/c1-2-23(19,20)14-9-8-12-15-16-13(21-12)22(17,18)10-11-6-4-3-5-7-11/h3-7,14H,2,8-10H2,1H3. The third-order valence-electron chi connectivity index (χ3n) is 2.95. The lowest BCUT2D eigenvalue weighted by Crippen LogP contribution is -2.27. The van der Waals surface area contributed by atoms with Crippen molar-refractivity contribution in [2.24, 2.45) is 0 Å². The molecule has 0 amide bonds. The molecule has 10 heteroatoms. The normalized spacial score (nSPS) is 12.4. The molecule has 1 aromatic heterocycles. The summed E-state index contributed by atoms with van der Waals surface area (Å²) >= 11 is 0. The molecule has 0 unspecified atom stereocenters. The maximum absolute atomic E-state index is 12.2. The highest BCUT2D eigenvalue weighted by molar-refractivity contribution is 7.90. The minimum atomic E-state index is -3.73. The van der Waals surface area contributed by atoms with Crippen molar-refractivity contribution >= 4 is 19.9 Å². The van der Waals surface area contributed by atoms with E-state index < -0.39 is 25.1 Å². The summed E-state index contributed by atoms with van der Waals surface area (Å²) in [5, 5.41) is 6.71. The topological polar surface area (TPSA) is 119 Å². The van der Waals surface area contributed by atoms with Crippen molar-refractivity contribution in [1.82, 2.24) is 14.9 Å². The lowest BCUT2D eigenvalue weighted by Gasteiger charge is -2.01. The van der Waals surface area contributed by atoms with Gasteiger partial charge in [0.1, 0.15) is 0 Å². The van der Waals surface area contributed by atoms with Crippen molar-refractivity contribution in [3.05, 3.63) is 41.8 Å². The largest absolute Gasteiger partial charge is 0.412 e. The number of hydrogen-bond acceptors (Lipinski definition) is 7. The minimum absolute atomic E-state index is 0.0342. The van der Waals surface area contributed by atoms with E-state index in [9.17, 15) is 16.8 Å². The zero-order valence-corrected chi connectivity index (χ0v) is 14.1. The Labute approximate surface area is 134 Å². The van der Waals surface area contributed by atoms with E-state index in [4.69, 9.17) is 4.42 Å². The van der Waals surface area contributed by atoms with Crippen LogP contribution in [-0.4, -0.2) is 39.3 Å². The Balaban J connectivity index is 2.01. The second-order valence-corrected chi connectivity index (χ2v) is 8.72. The Morgan fingerprint density at radius 1 is 1.09 bits per heavy atom. The third-order valence-corrected chi connectivity index (χ3v) is 5.77. The van der Waals surface area contributed by atoms with Gasteiger partial charge >= 0.3 is 5.22 Å². The zero-order chi connectivity index (χ0) is 16.9. The van der Waals surface area contributed by atoms with Gasteiger partial charge in [-0.05, 0) is 12.5 Å². The summed E-state index contributed by atoms with van der Waals surface area (Å²) in [5.74, 6) is -0.207. The molecule has 1 heterocycles. The summed E-state index contributed by atoms with van der Waals surface area (Å²) in [6, 6.07) is 8.65. The van der Waals surface area contributed by atoms with E-state index in [1.165, 1.54) is 6.92 Å². The highest BCUT2D eigenvalue weighted by Crippen LogP contribution is 2.15. The minimum Gasteiger partial charge on any atom is -0.412 e. The van der Waals surface area contributed by atoms with Gasteiger partial charge in [-0.2, -0.15) is 0 Å². The smallest absolute Gasteiger partial charge is 0.335 e. The fourth-order valence-electron chi connectivity index (χ4n) is 1.74. The second-order valence-electron chi connectivity index (χ2n) is 4.75. The van der Waals surface area contributed by atoms with Gasteiger partial charge in [-0.15, -0.1) is 5.10 Å². The van der Waals surface area contributed by atoms with Gasteiger partial charge in [-0.25, -0.2) is 21.6 Å². The van der Waals surface area contributed by atoms with E-state index in [1.54, 1.807) is 30.3 Å². The van der Waals surface area contributed by atoms with E-state index in [2.05, 4.69) is 14.9 Å². The second kappa shape index (κ2) is 7.20. The first-order valence-corrected chi connectivity index (χ1v) is 10.2. The maximum Gasteiger partial charge on any atom is 0.335 e. The van der Waals surface area contributed by atoms with Crippen LogP contribution in [0, 0.1) is 0 Å². The first-order valence-electron chi connectivity index (χ1n) is 6.89. The monoisotopic (exact) mass is 359 g/mol. The number of nitrogens with one attached hydrogen (secondary N) is 1. The van der Waals surface area contributed by atoms with Crippen LogP contribution in [0.1, 0.15) is 18.4 Å². The molecule has 0 atom stereocenters. The van der Waals surface area contributed by atoms with Crippen LogP contribution in [-0.2, 0) is 32.0 Å². The third kappa shape index (κ3) is 5.12. The molecular formula is C13H17N3O5S2. The molecule has 0 aliphatic carbocycles. The van der Waals surface area contributed by atoms with Crippen LogP contribution >= 0.6 is 0 Å². The number of sulfone groups is 1. The molecule has 0 aliphatic rings. The van der Waals surface area contributed by atoms with Crippen molar-refractivity contribution in [3.63, 3.8) is 0 Å². The van der Waals surface area contributed by atoms with Gasteiger partial charge in [0.25, 0.3) is 0 Å². The van der Waals surface area contributed by atoms with Crippen LogP contribution in [0.15, 0.2) is 40.0 Å². The zero-order valence-electron chi connectivity index (χ0n) is 12.5. The van der Waals surface area contributed by atoms with Crippen molar-refractivity contribution in [2.75, 3.05) is 12.3 Å². The molecule has 0 spiro atoms. The summed E-state index contributed by atoms with van der Waals surface area (Å²) in [6.45, 7) is 1.58. The van der Waals surface area contributed by atoms with E-state index in [0.717, 1.165) is 0 Å². The molecule has 1 aromatic carbocycles. The number of nitrogens with zero attached hydrogens (tertiary/aromatic N) is 2. The molecular weight excluding hydrogens is 342 g/mol. The lowest BCUT2D eigenvalue weighted by atomic mass is 10.2. The van der Waals surface area contributed by atoms with Gasteiger partial charge in [0, 0.05) is 13.0 Å². The predicted octanol–water partition coefficient (Wildman–Crippen LogP) is 0.525. The highest BCUT2D eigenvalue weighted by atomic mass is 32.2. The van der Waals surface area contributed by atoms with E-state index in [1.807, 2.05) is 0 Å². The fraction of sp³-hybridized carbons (Fsp3) is 0.385. The van der Waals surface area contributed by atoms with E-state index in [0.29, 0.717) is 5.56 Å². The summed E-state index contributed by atoms with van der Waals surface area (Å²) < 4.78 is 54.4. The molecule has 2 aromatic rings. The maximum atomic E-state index is 12.2. The molecule has 0 saturated heterocycles. The van der Waals surface area contributed by atoms with Crippen LogP contribution in [0.3, 0.4) is 0 Å². The molecule has 8 nitrogen and oxygen atoms in total. The molecule has 2 rings (SSSR count). The SMILES string of the molecule is CCS(=O)(=O)NCCc1nnc(S(=O)(=O)Cc2ccccc2)o1. The Kier molecular flexibility index (Phi) is 5.50. The first-order chi connectivity index (χ1) is 10.8. The van der Waals surface area contributed by atoms with E-state index in [-0.39, 0.29) is 30.4 Å². The Hall–Kier alpha value is -1.78. The van der Waals surface area contributed by atoms with Gasteiger partial charge in [0.05, 0.1) is 11.5 Å². The van der Waals surface area contributed by atoms with Gasteiger partial charge in [0.15, 0.2) is 0 Å². The van der Waals surface area contributed by atoms with Crippen LogP contribution in [0.2, 0.25) is 0 Å². The van der Waals surface area contributed by atoms with Crippen LogP contribution in [0.5, 0.6) is 0 Å². The molecule has 23 heavy (non-hydrogen) atoms. The van der Waals surface area contributed by atoms with Gasteiger partial charge < -0.3 is 4.42 Å². The van der Waals surface area contributed by atoms with Gasteiger partial charge in [-0.1, -0.05) is 35.4 Å². The molecule has 0 fully saturated rings. The van der Waals surface area contributed by atoms with Gasteiger partial charge in [0.2, 0.25) is 25.8 Å². The molecule has 0 radical (unpaired) electrons.